The van der Waals surface area contributed by atoms with Crippen molar-refractivity contribution < 1.29 is 4.74 Å². The van der Waals surface area contributed by atoms with Gasteiger partial charge in [-0.3, -0.25) is 4.90 Å². The van der Waals surface area contributed by atoms with E-state index in [0.717, 1.165) is 25.6 Å². The molecular formula is C13H28N2O. The first kappa shape index (κ1) is 13.9. The van der Waals surface area contributed by atoms with Gasteiger partial charge in [-0.15, -0.1) is 0 Å². The quantitative estimate of drug-likeness (QED) is 0.654. The third kappa shape index (κ3) is 3.72. The van der Waals surface area contributed by atoms with Crippen LogP contribution in [-0.4, -0.2) is 43.8 Å². The Hall–Kier alpha value is -0.120. The van der Waals surface area contributed by atoms with E-state index >= 15 is 0 Å². The van der Waals surface area contributed by atoms with Crippen LogP contribution in [0, 0.1) is 5.92 Å². The smallest absolute Gasteiger partial charge is 0.0589 e. The molecule has 96 valence electrons. The van der Waals surface area contributed by atoms with Crippen LogP contribution in [0.3, 0.4) is 0 Å². The van der Waals surface area contributed by atoms with Crippen molar-refractivity contribution in [2.75, 3.05) is 26.8 Å². The molecule has 0 aromatic carbocycles. The average Bonchev–Trinajstić information content (AvgIpc) is 3.12. The van der Waals surface area contributed by atoms with Gasteiger partial charge in [0, 0.05) is 32.3 Å². The van der Waals surface area contributed by atoms with Crippen molar-refractivity contribution in [2.45, 2.75) is 51.6 Å². The number of ether oxygens (including phenoxy) is 1. The van der Waals surface area contributed by atoms with Crippen LogP contribution in [0.5, 0.6) is 0 Å². The van der Waals surface area contributed by atoms with E-state index in [0.29, 0.717) is 12.1 Å². The summed E-state index contributed by atoms with van der Waals surface area (Å²) in [5.74, 6) is 0.849. The zero-order valence-electron chi connectivity index (χ0n) is 11.1. The lowest BCUT2D eigenvalue weighted by molar-refractivity contribution is 0.0734. The highest BCUT2D eigenvalue weighted by atomic mass is 16.5. The Balaban J connectivity index is 2.58. The molecule has 0 radical (unpaired) electrons. The molecule has 0 aromatic heterocycles. The summed E-state index contributed by atoms with van der Waals surface area (Å²) in [4.78, 5) is 2.60. The standard InChI is InChI=1S/C13H28N2O/c1-4-12(5-2)15(8-9-16-3)13(10-14)11-6-7-11/h11-13H,4-10,14H2,1-3H3. The first-order valence-corrected chi connectivity index (χ1v) is 6.73. The van der Waals surface area contributed by atoms with Crippen LogP contribution in [0.2, 0.25) is 0 Å². The van der Waals surface area contributed by atoms with Crippen LogP contribution < -0.4 is 5.73 Å². The molecule has 3 nitrogen and oxygen atoms in total. The molecule has 1 aliphatic rings. The molecule has 1 rings (SSSR count). The molecule has 1 fully saturated rings. The lowest BCUT2D eigenvalue weighted by Crippen LogP contribution is -2.49. The second kappa shape index (κ2) is 7.25. The summed E-state index contributed by atoms with van der Waals surface area (Å²) in [6, 6.07) is 1.25. The van der Waals surface area contributed by atoms with Gasteiger partial charge in [0.05, 0.1) is 6.61 Å². The minimum atomic E-state index is 0.583. The summed E-state index contributed by atoms with van der Waals surface area (Å²) >= 11 is 0. The minimum Gasteiger partial charge on any atom is -0.383 e. The number of nitrogens with two attached hydrogens (primary N) is 1. The van der Waals surface area contributed by atoms with Gasteiger partial charge in [-0.25, -0.2) is 0 Å². The summed E-state index contributed by atoms with van der Waals surface area (Å²) < 4.78 is 5.22. The number of methoxy groups -OCH3 is 1. The van der Waals surface area contributed by atoms with E-state index in [4.69, 9.17) is 10.5 Å². The van der Waals surface area contributed by atoms with Gasteiger partial charge in [0.15, 0.2) is 0 Å². The van der Waals surface area contributed by atoms with Gasteiger partial charge in [0.25, 0.3) is 0 Å². The van der Waals surface area contributed by atoms with Gasteiger partial charge >= 0.3 is 0 Å². The van der Waals surface area contributed by atoms with Crippen LogP contribution in [0.4, 0.5) is 0 Å². The predicted octanol–water partition coefficient (Wildman–Crippen LogP) is 1.86. The molecule has 0 heterocycles. The molecule has 0 aliphatic heterocycles. The molecule has 1 saturated carbocycles. The van der Waals surface area contributed by atoms with Crippen molar-refractivity contribution >= 4 is 0 Å². The van der Waals surface area contributed by atoms with Gasteiger partial charge in [0.2, 0.25) is 0 Å². The summed E-state index contributed by atoms with van der Waals surface area (Å²) in [5.41, 5.74) is 5.95. The molecule has 2 N–H and O–H groups in total. The van der Waals surface area contributed by atoms with Gasteiger partial charge in [-0.05, 0) is 31.6 Å². The van der Waals surface area contributed by atoms with E-state index in [2.05, 4.69) is 18.7 Å². The molecule has 3 heteroatoms. The highest BCUT2D eigenvalue weighted by molar-refractivity contribution is 4.91. The van der Waals surface area contributed by atoms with E-state index in [-0.39, 0.29) is 0 Å². The molecule has 1 aliphatic carbocycles. The third-order valence-electron chi connectivity index (χ3n) is 3.80. The fourth-order valence-corrected chi connectivity index (χ4v) is 2.65. The maximum Gasteiger partial charge on any atom is 0.0589 e. The molecule has 1 atom stereocenters. The molecule has 0 amide bonds. The highest BCUT2D eigenvalue weighted by Gasteiger charge is 2.36. The van der Waals surface area contributed by atoms with E-state index in [9.17, 15) is 0 Å². The zero-order chi connectivity index (χ0) is 12.0. The van der Waals surface area contributed by atoms with Crippen LogP contribution in [0.15, 0.2) is 0 Å². The molecule has 0 spiro atoms. The molecular weight excluding hydrogens is 200 g/mol. The second-order valence-corrected chi connectivity index (χ2v) is 4.84. The van der Waals surface area contributed by atoms with Crippen LogP contribution in [-0.2, 0) is 4.74 Å². The maximum atomic E-state index is 5.95. The van der Waals surface area contributed by atoms with E-state index in [1.54, 1.807) is 7.11 Å². The molecule has 16 heavy (non-hydrogen) atoms. The van der Waals surface area contributed by atoms with Gasteiger partial charge in [-0.1, -0.05) is 13.8 Å². The lowest BCUT2D eigenvalue weighted by Gasteiger charge is -2.37. The van der Waals surface area contributed by atoms with Crippen molar-refractivity contribution in [2.24, 2.45) is 11.7 Å². The van der Waals surface area contributed by atoms with E-state index in [1.165, 1.54) is 25.7 Å². The van der Waals surface area contributed by atoms with Gasteiger partial charge < -0.3 is 10.5 Å². The van der Waals surface area contributed by atoms with Crippen molar-refractivity contribution in [3.05, 3.63) is 0 Å². The van der Waals surface area contributed by atoms with Crippen molar-refractivity contribution in [3.63, 3.8) is 0 Å². The Kier molecular flexibility index (Phi) is 6.32. The minimum absolute atomic E-state index is 0.583. The fraction of sp³-hybridized carbons (Fsp3) is 1.00. The van der Waals surface area contributed by atoms with E-state index in [1.807, 2.05) is 0 Å². The Morgan fingerprint density at radius 2 is 1.94 bits per heavy atom. The highest BCUT2D eigenvalue weighted by Crippen LogP contribution is 2.36. The number of nitrogens with zero attached hydrogens (tertiary/aromatic N) is 1. The summed E-state index contributed by atoms with van der Waals surface area (Å²) in [5, 5.41) is 0. The fourth-order valence-electron chi connectivity index (χ4n) is 2.65. The van der Waals surface area contributed by atoms with Crippen molar-refractivity contribution in [1.82, 2.24) is 4.90 Å². The monoisotopic (exact) mass is 228 g/mol. The summed E-state index contributed by atoms with van der Waals surface area (Å²) in [6.07, 6.45) is 5.16. The van der Waals surface area contributed by atoms with Crippen LogP contribution >= 0.6 is 0 Å². The lowest BCUT2D eigenvalue weighted by atomic mass is 10.0. The van der Waals surface area contributed by atoms with Crippen LogP contribution in [0.25, 0.3) is 0 Å². The predicted molar refractivity (Wildman–Crippen MR) is 68.5 cm³/mol. The average molecular weight is 228 g/mol. The first-order valence-electron chi connectivity index (χ1n) is 6.73. The molecule has 0 bridgehead atoms. The molecule has 0 saturated heterocycles. The summed E-state index contributed by atoms with van der Waals surface area (Å²) in [6.45, 7) is 7.19. The van der Waals surface area contributed by atoms with E-state index < -0.39 is 0 Å². The van der Waals surface area contributed by atoms with Crippen molar-refractivity contribution in [3.8, 4) is 0 Å². The van der Waals surface area contributed by atoms with Gasteiger partial charge in [-0.2, -0.15) is 0 Å². The Labute approximate surface area is 100 Å². The van der Waals surface area contributed by atoms with Gasteiger partial charge in [0.1, 0.15) is 0 Å². The van der Waals surface area contributed by atoms with Crippen molar-refractivity contribution in [1.29, 1.82) is 0 Å². The Morgan fingerprint density at radius 1 is 1.31 bits per heavy atom. The topological polar surface area (TPSA) is 38.5 Å². The number of hydrogen-bond donors (Lipinski definition) is 1. The zero-order valence-corrected chi connectivity index (χ0v) is 11.1. The SMILES string of the molecule is CCC(CC)N(CCOC)C(CN)C1CC1. The molecule has 0 aromatic rings. The second-order valence-electron chi connectivity index (χ2n) is 4.84. The first-order chi connectivity index (χ1) is 7.78. The number of hydrogen-bond acceptors (Lipinski definition) is 3. The van der Waals surface area contributed by atoms with Crippen LogP contribution in [0.1, 0.15) is 39.5 Å². The summed E-state index contributed by atoms with van der Waals surface area (Å²) in [7, 11) is 1.78. The Morgan fingerprint density at radius 3 is 2.31 bits per heavy atom. The largest absolute Gasteiger partial charge is 0.383 e. The Bertz CT molecular complexity index is 179. The normalized spacial score (nSPS) is 18.4. The third-order valence-corrected chi connectivity index (χ3v) is 3.80. The molecule has 1 unspecified atom stereocenters. The maximum absolute atomic E-state index is 5.95. The number of rotatable bonds is 9.